The fraction of sp³-hybridized carbons (Fsp3) is 0.611. The number of carboxylic acids is 4. The molecule has 3 amide bonds. The molecule has 4 atom stereocenters. The predicted octanol–water partition coefficient (Wildman–Crippen LogP) is -2.62. The maximum Gasteiger partial charge on any atom is 0.326 e. The molecule has 0 bridgehead atoms. The lowest BCUT2D eigenvalue weighted by molar-refractivity contribution is -0.144. The maximum atomic E-state index is 12.6. The fourth-order valence-corrected chi connectivity index (χ4v) is 2.75. The number of nitrogens with two attached hydrogens (primary N) is 1. The summed E-state index contributed by atoms with van der Waals surface area (Å²) >= 11 is 3.93. The van der Waals surface area contributed by atoms with Crippen LogP contribution in [-0.2, 0) is 33.6 Å². The highest BCUT2D eigenvalue weighted by molar-refractivity contribution is 7.80. The zero-order chi connectivity index (χ0) is 26.4. The van der Waals surface area contributed by atoms with E-state index in [-0.39, 0.29) is 12.2 Å². The number of aliphatic carboxylic acids is 4. The third kappa shape index (κ3) is 12.6. The molecule has 0 heterocycles. The quantitative estimate of drug-likeness (QED) is 0.0914. The normalized spacial score (nSPS) is 14.1. The lowest BCUT2D eigenvalue weighted by atomic mass is 10.1. The Hall–Kier alpha value is -3.40. The van der Waals surface area contributed by atoms with Crippen molar-refractivity contribution >= 4 is 54.2 Å². The molecule has 0 aliphatic heterocycles. The molecule has 9 N–H and O–H groups in total. The minimum absolute atomic E-state index is 0.210. The minimum Gasteiger partial charge on any atom is -0.481 e. The summed E-state index contributed by atoms with van der Waals surface area (Å²) in [6.07, 6.45) is -2.65. The second-order valence-corrected chi connectivity index (χ2v) is 7.47. The average molecular weight is 509 g/mol. The molecule has 0 saturated heterocycles. The molecule has 0 aliphatic rings. The number of hydrogen-bond donors (Lipinski definition) is 9. The average Bonchev–Trinajstić information content (AvgIpc) is 2.74. The van der Waals surface area contributed by atoms with Gasteiger partial charge in [0.2, 0.25) is 17.7 Å². The number of thiol groups is 1. The Morgan fingerprint density at radius 1 is 0.618 bits per heavy atom. The van der Waals surface area contributed by atoms with E-state index < -0.39 is 97.9 Å². The second-order valence-electron chi connectivity index (χ2n) is 7.11. The van der Waals surface area contributed by atoms with Gasteiger partial charge >= 0.3 is 23.9 Å². The molecular weight excluding hydrogens is 480 g/mol. The van der Waals surface area contributed by atoms with Crippen molar-refractivity contribution in [3.05, 3.63) is 0 Å². The molecule has 0 unspecified atom stereocenters. The molecule has 0 aromatic rings. The first-order chi connectivity index (χ1) is 15.8. The Kier molecular flexibility index (Phi) is 13.9. The van der Waals surface area contributed by atoms with Crippen LogP contribution >= 0.6 is 12.6 Å². The number of nitrogens with one attached hydrogen (secondary N) is 3. The maximum absolute atomic E-state index is 12.6. The first-order valence-corrected chi connectivity index (χ1v) is 10.6. The third-order valence-corrected chi connectivity index (χ3v) is 4.73. The summed E-state index contributed by atoms with van der Waals surface area (Å²) < 4.78 is 0. The number of carboxylic acid groups (broad SMARTS) is 4. The van der Waals surface area contributed by atoms with Crippen molar-refractivity contribution in [3.8, 4) is 0 Å². The smallest absolute Gasteiger partial charge is 0.326 e. The second kappa shape index (κ2) is 15.4. The molecular formula is C18H28N4O11S. The molecule has 0 aromatic carbocycles. The van der Waals surface area contributed by atoms with Gasteiger partial charge in [-0.15, -0.1) is 0 Å². The van der Waals surface area contributed by atoms with Crippen LogP contribution in [0.15, 0.2) is 0 Å². The number of hydrogen-bond acceptors (Lipinski definition) is 9. The van der Waals surface area contributed by atoms with Gasteiger partial charge in [0.15, 0.2) is 0 Å². The Balaban J connectivity index is 5.32. The largest absolute Gasteiger partial charge is 0.481 e. The Morgan fingerprint density at radius 3 is 1.44 bits per heavy atom. The highest BCUT2D eigenvalue weighted by Crippen LogP contribution is 2.04. The van der Waals surface area contributed by atoms with Gasteiger partial charge in [-0.3, -0.25) is 28.8 Å². The molecule has 0 aliphatic carbocycles. The van der Waals surface area contributed by atoms with Gasteiger partial charge in [-0.05, 0) is 19.3 Å². The Morgan fingerprint density at radius 2 is 1.00 bits per heavy atom. The monoisotopic (exact) mass is 508 g/mol. The van der Waals surface area contributed by atoms with Gasteiger partial charge in [0.1, 0.15) is 18.1 Å². The minimum atomic E-state index is -1.61. The van der Waals surface area contributed by atoms with Crippen LogP contribution < -0.4 is 21.7 Å². The molecule has 0 saturated carbocycles. The molecule has 0 radical (unpaired) electrons. The first kappa shape index (κ1) is 30.6. The molecule has 192 valence electrons. The van der Waals surface area contributed by atoms with E-state index >= 15 is 0 Å². The van der Waals surface area contributed by atoms with Gasteiger partial charge in [-0.2, -0.15) is 12.6 Å². The van der Waals surface area contributed by atoms with E-state index in [0.717, 1.165) is 0 Å². The van der Waals surface area contributed by atoms with Crippen LogP contribution in [0.1, 0.15) is 38.5 Å². The Labute approximate surface area is 198 Å². The number of carbonyl (C=O) groups excluding carboxylic acids is 3. The zero-order valence-corrected chi connectivity index (χ0v) is 18.8. The van der Waals surface area contributed by atoms with Gasteiger partial charge in [0.25, 0.3) is 0 Å². The van der Waals surface area contributed by atoms with Crippen molar-refractivity contribution in [1.29, 1.82) is 0 Å². The molecule has 0 fully saturated rings. The number of rotatable bonds is 17. The summed E-state index contributed by atoms with van der Waals surface area (Å²) in [4.78, 5) is 80.7. The van der Waals surface area contributed by atoms with Crippen LogP contribution in [-0.4, -0.2) is 91.9 Å². The Bertz CT molecular complexity index is 792. The van der Waals surface area contributed by atoms with Crippen LogP contribution in [0, 0.1) is 0 Å². The van der Waals surface area contributed by atoms with E-state index in [4.69, 9.17) is 21.1 Å². The van der Waals surface area contributed by atoms with Crippen LogP contribution in [0.2, 0.25) is 0 Å². The first-order valence-electron chi connectivity index (χ1n) is 9.94. The summed E-state index contributed by atoms with van der Waals surface area (Å²) in [5, 5.41) is 41.9. The fourth-order valence-electron chi connectivity index (χ4n) is 2.49. The molecule has 15 nitrogen and oxygen atoms in total. The van der Waals surface area contributed by atoms with Crippen molar-refractivity contribution in [2.75, 3.05) is 5.75 Å². The van der Waals surface area contributed by atoms with Gasteiger partial charge in [-0.1, -0.05) is 0 Å². The van der Waals surface area contributed by atoms with Gasteiger partial charge < -0.3 is 42.1 Å². The predicted molar refractivity (Wildman–Crippen MR) is 116 cm³/mol. The molecule has 16 heteroatoms. The summed E-state index contributed by atoms with van der Waals surface area (Å²) in [7, 11) is 0. The van der Waals surface area contributed by atoms with E-state index in [2.05, 4.69) is 28.6 Å². The lowest BCUT2D eigenvalue weighted by Crippen LogP contribution is -2.57. The van der Waals surface area contributed by atoms with Crippen molar-refractivity contribution in [3.63, 3.8) is 0 Å². The highest BCUT2D eigenvalue weighted by atomic mass is 32.1. The third-order valence-electron chi connectivity index (χ3n) is 4.36. The zero-order valence-electron chi connectivity index (χ0n) is 17.9. The van der Waals surface area contributed by atoms with Gasteiger partial charge in [-0.25, -0.2) is 4.79 Å². The molecule has 34 heavy (non-hydrogen) atoms. The van der Waals surface area contributed by atoms with Crippen LogP contribution in [0.4, 0.5) is 0 Å². The molecule has 0 aromatic heterocycles. The van der Waals surface area contributed by atoms with Crippen LogP contribution in [0.3, 0.4) is 0 Å². The number of amides is 3. The summed E-state index contributed by atoms with van der Waals surface area (Å²) in [6, 6.07) is -5.73. The highest BCUT2D eigenvalue weighted by Gasteiger charge is 2.30. The van der Waals surface area contributed by atoms with E-state index in [1.54, 1.807) is 0 Å². The summed E-state index contributed by atoms with van der Waals surface area (Å²) in [6.45, 7) is 0. The molecule has 0 spiro atoms. The van der Waals surface area contributed by atoms with E-state index in [9.17, 15) is 38.7 Å². The molecule has 0 rings (SSSR count). The SMILES string of the molecule is N[C@@H](CCC(=O)O)C(=O)N[C@@H](CS)C(=O)N[C@@H](CCC(=O)O)C(=O)N[C@@H](CCC(=O)O)C(=O)O. The van der Waals surface area contributed by atoms with Crippen molar-refractivity contribution in [1.82, 2.24) is 16.0 Å². The van der Waals surface area contributed by atoms with Gasteiger partial charge in [0, 0.05) is 25.0 Å². The van der Waals surface area contributed by atoms with Crippen LogP contribution in [0.25, 0.3) is 0 Å². The standard InChI is InChI=1S/C18H28N4O11S/c19-8(1-4-12(23)24)15(29)22-11(7-34)17(31)20-9(2-5-13(25)26)16(30)21-10(18(32)33)3-6-14(27)28/h8-11,34H,1-7,19H2,(H,20,31)(H,21,30)(H,22,29)(H,23,24)(H,25,26)(H,27,28)(H,32,33)/t8-,9-,10-,11-/m0/s1. The van der Waals surface area contributed by atoms with E-state index in [1.165, 1.54) is 0 Å². The number of carbonyl (C=O) groups is 7. The lowest BCUT2D eigenvalue weighted by Gasteiger charge is -2.24. The summed E-state index contributed by atoms with van der Waals surface area (Å²) in [5.41, 5.74) is 5.57. The van der Waals surface area contributed by atoms with Crippen LogP contribution in [0.5, 0.6) is 0 Å². The van der Waals surface area contributed by atoms with E-state index in [1.807, 2.05) is 0 Å². The summed E-state index contributed by atoms with van der Waals surface area (Å²) in [5.74, 6) is -8.49. The van der Waals surface area contributed by atoms with Crippen molar-refractivity contribution in [2.24, 2.45) is 5.73 Å². The van der Waals surface area contributed by atoms with Gasteiger partial charge in [0.05, 0.1) is 6.04 Å². The van der Waals surface area contributed by atoms with Crippen molar-refractivity contribution < 1.29 is 54.0 Å². The van der Waals surface area contributed by atoms with Crippen molar-refractivity contribution in [2.45, 2.75) is 62.7 Å². The van der Waals surface area contributed by atoms with E-state index in [0.29, 0.717) is 0 Å². The topological polar surface area (TPSA) is 263 Å².